The van der Waals surface area contributed by atoms with Crippen molar-refractivity contribution in [3.05, 3.63) is 39.8 Å². The largest absolute Gasteiger partial charge is 0.453 e. The van der Waals surface area contributed by atoms with Gasteiger partial charge < -0.3 is 4.42 Å². The number of fused-ring (bicyclic) bond motifs is 1. The van der Waals surface area contributed by atoms with E-state index in [1.54, 1.807) is 12.1 Å². The fraction of sp³-hybridized carbons (Fsp3) is 0. The average Bonchev–Trinajstić information content (AvgIpc) is 2.96. The van der Waals surface area contributed by atoms with Crippen LogP contribution in [0.5, 0.6) is 0 Å². The normalized spacial score (nSPS) is 10.9. The zero-order chi connectivity index (χ0) is 11.8. The van der Waals surface area contributed by atoms with Crippen LogP contribution >= 0.6 is 22.6 Å². The van der Waals surface area contributed by atoms with Crippen LogP contribution in [0.4, 0.5) is 0 Å². The molecule has 4 nitrogen and oxygen atoms in total. The highest BCUT2D eigenvalue weighted by molar-refractivity contribution is 14.1. The second-order valence-corrected chi connectivity index (χ2v) is 4.67. The predicted molar refractivity (Wildman–Crippen MR) is 71.9 cm³/mol. The van der Waals surface area contributed by atoms with E-state index in [9.17, 15) is 4.79 Å². The molecule has 0 saturated carbocycles. The van der Waals surface area contributed by atoms with Crippen LogP contribution in [-0.4, -0.2) is 16.5 Å². The number of carbonyl (C=O) groups excluding carboxylic acids is 1. The van der Waals surface area contributed by atoms with E-state index in [0.29, 0.717) is 17.8 Å². The van der Waals surface area contributed by atoms with Crippen molar-refractivity contribution in [3.8, 4) is 11.3 Å². The Morgan fingerprint density at radius 1 is 1.29 bits per heavy atom. The number of aldehydes is 1. The van der Waals surface area contributed by atoms with Gasteiger partial charge in [0.2, 0.25) is 0 Å². The van der Waals surface area contributed by atoms with Gasteiger partial charge in [-0.2, -0.15) is 5.10 Å². The Bertz CT molecular complexity index is 699. The summed E-state index contributed by atoms with van der Waals surface area (Å²) in [6.45, 7) is 0. The summed E-state index contributed by atoms with van der Waals surface area (Å²) in [5.74, 6) is 1.00. The van der Waals surface area contributed by atoms with Crippen LogP contribution < -0.4 is 0 Å². The summed E-state index contributed by atoms with van der Waals surface area (Å²) in [6, 6.07) is 9.30. The summed E-state index contributed by atoms with van der Waals surface area (Å²) in [7, 11) is 0. The van der Waals surface area contributed by atoms with Gasteiger partial charge in [-0.25, -0.2) is 0 Å². The predicted octanol–water partition coefficient (Wildman–Crippen LogP) is 3.24. The lowest BCUT2D eigenvalue weighted by Crippen LogP contribution is -1.75. The number of hydrogen-bond acceptors (Lipinski definition) is 3. The van der Waals surface area contributed by atoms with Crippen molar-refractivity contribution in [1.82, 2.24) is 10.2 Å². The zero-order valence-corrected chi connectivity index (χ0v) is 10.8. The topological polar surface area (TPSA) is 58.9 Å². The molecule has 2 heterocycles. The number of rotatable bonds is 2. The molecular weight excluding hydrogens is 331 g/mol. The second-order valence-electron chi connectivity index (χ2n) is 3.59. The molecule has 5 heteroatoms. The van der Waals surface area contributed by atoms with Crippen LogP contribution in [0.25, 0.3) is 22.2 Å². The molecule has 0 aliphatic rings. The molecule has 0 saturated heterocycles. The standard InChI is InChI=1S/C12H7IN2O2/c13-12-9-3-1-7(5-10(9)14-15-12)11-4-2-8(6-16)17-11/h1-6H,(H,14,15). The van der Waals surface area contributed by atoms with E-state index in [2.05, 4.69) is 32.8 Å². The fourth-order valence-corrected chi connectivity index (χ4v) is 2.28. The molecule has 0 spiro atoms. The van der Waals surface area contributed by atoms with E-state index in [1.807, 2.05) is 18.2 Å². The van der Waals surface area contributed by atoms with Gasteiger partial charge in [-0.15, -0.1) is 0 Å². The zero-order valence-electron chi connectivity index (χ0n) is 8.61. The van der Waals surface area contributed by atoms with Crippen LogP contribution in [0.15, 0.2) is 34.7 Å². The molecule has 1 N–H and O–H groups in total. The molecule has 0 aliphatic carbocycles. The summed E-state index contributed by atoms with van der Waals surface area (Å²) >= 11 is 2.20. The number of aromatic nitrogens is 2. The monoisotopic (exact) mass is 338 g/mol. The Morgan fingerprint density at radius 3 is 2.94 bits per heavy atom. The lowest BCUT2D eigenvalue weighted by Gasteiger charge is -1.96. The van der Waals surface area contributed by atoms with Crippen LogP contribution in [0, 0.1) is 3.70 Å². The SMILES string of the molecule is O=Cc1ccc(-c2ccc3c(I)[nH]nc3c2)o1. The minimum atomic E-state index is 0.330. The summed E-state index contributed by atoms with van der Waals surface area (Å²) in [5.41, 5.74) is 1.80. The van der Waals surface area contributed by atoms with Gasteiger partial charge in [0.25, 0.3) is 0 Å². The summed E-state index contributed by atoms with van der Waals surface area (Å²) in [4.78, 5) is 10.6. The molecule has 0 atom stereocenters. The van der Waals surface area contributed by atoms with E-state index in [4.69, 9.17) is 4.42 Å². The highest BCUT2D eigenvalue weighted by Crippen LogP contribution is 2.26. The maximum Gasteiger partial charge on any atom is 0.185 e. The van der Waals surface area contributed by atoms with Gasteiger partial charge in [0.15, 0.2) is 12.0 Å². The molecule has 1 aromatic carbocycles. The van der Waals surface area contributed by atoms with Crippen molar-refractivity contribution in [2.75, 3.05) is 0 Å². The van der Waals surface area contributed by atoms with E-state index < -0.39 is 0 Å². The number of benzene rings is 1. The van der Waals surface area contributed by atoms with Crippen LogP contribution in [0.1, 0.15) is 10.6 Å². The Hall–Kier alpha value is -1.63. The molecule has 0 aliphatic heterocycles. The number of aromatic amines is 1. The van der Waals surface area contributed by atoms with Gasteiger partial charge in [0.1, 0.15) is 9.46 Å². The fourth-order valence-electron chi connectivity index (χ4n) is 1.70. The number of halogens is 1. The minimum absolute atomic E-state index is 0.330. The van der Waals surface area contributed by atoms with Crippen LogP contribution in [0.3, 0.4) is 0 Å². The van der Waals surface area contributed by atoms with E-state index >= 15 is 0 Å². The van der Waals surface area contributed by atoms with Crippen molar-refractivity contribution >= 4 is 39.8 Å². The third kappa shape index (κ3) is 1.76. The first-order chi connectivity index (χ1) is 8.28. The quantitative estimate of drug-likeness (QED) is 0.576. The summed E-state index contributed by atoms with van der Waals surface area (Å²) in [5, 5.41) is 8.19. The molecule has 17 heavy (non-hydrogen) atoms. The third-order valence-electron chi connectivity index (χ3n) is 2.54. The van der Waals surface area contributed by atoms with Crippen molar-refractivity contribution in [3.63, 3.8) is 0 Å². The maximum atomic E-state index is 10.6. The maximum absolute atomic E-state index is 10.6. The number of carbonyl (C=O) groups is 1. The first kappa shape index (κ1) is 10.5. The van der Waals surface area contributed by atoms with Crippen molar-refractivity contribution in [2.24, 2.45) is 0 Å². The number of furan rings is 1. The van der Waals surface area contributed by atoms with Gasteiger partial charge in [-0.1, -0.05) is 6.07 Å². The highest BCUT2D eigenvalue weighted by Gasteiger charge is 2.07. The van der Waals surface area contributed by atoms with Crippen LogP contribution in [0.2, 0.25) is 0 Å². The molecule has 84 valence electrons. The Labute approximate surface area is 110 Å². The van der Waals surface area contributed by atoms with Gasteiger partial charge in [-0.3, -0.25) is 9.89 Å². The lowest BCUT2D eigenvalue weighted by molar-refractivity contribution is 0.110. The first-order valence-corrected chi connectivity index (χ1v) is 6.05. The number of nitrogens with one attached hydrogen (secondary N) is 1. The molecular formula is C12H7IN2O2. The molecule has 3 rings (SSSR count). The molecule has 2 aromatic heterocycles. The van der Waals surface area contributed by atoms with Crippen molar-refractivity contribution in [1.29, 1.82) is 0 Å². The van der Waals surface area contributed by atoms with Crippen molar-refractivity contribution < 1.29 is 9.21 Å². The first-order valence-electron chi connectivity index (χ1n) is 4.97. The van der Waals surface area contributed by atoms with Gasteiger partial charge >= 0.3 is 0 Å². The van der Waals surface area contributed by atoms with Gasteiger partial charge in [-0.05, 0) is 46.9 Å². The van der Waals surface area contributed by atoms with E-state index in [-0.39, 0.29) is 0 Å². The molecule has 0 bridgehead atoms. The minimum Gasteiger partial charge on any atom is -0.453 e. The Morgan fingerprint density at radius 2 is 2.18 bits per heavy atom. The molecule has 3 aromatic rings. The third-order valence-corrected chi connectivity index (χ3v) is 3.36. The number of nitrogens with zero attached hydrogens (tertiary/aromatic N) is 1. The van der Waals surface area contributed by atoms with Gasteiger partial charge in [0, 0.05) is 10.9 Å². The molecule has 0 radical (unpaired) electrons. The van der Waals surface area contributed by atoms with Gasteiger partial charge in [0.05, 0.1) is 5.52 Å². The van der Waals surface area contributed by atoms with E-state index in [0.717, 1.165) is 20.2 Å². The summed E-state index contributed by atoms with van der Waals surface area (Å²) in [6.07, 6.45) is 0.694. The Balaban J connectivity index is 2.14. The second kappa shape index (κ2) is 3.99. The molecule has 0 fully saturated rings. The molecule has 0 unspecified atom stereocenters. The van der Waals surface area contributed by atoms with Crippen molar-refractivity contribution in [2.45, 2.75) is 0 Å². The average molecular weight is 338 g/mol. The highest BCUT2D eigenvalue weighted by atomic mass is 127. The smallest absolute Gasteiger partial charge is 0.185 e. The lowest BCUT2D eigenvalue weighted by atomic mass is 10.1. The summed E-state index contributed by atoms with van der Waals surface area (Å²) < 4.78 is 6.38. The number of H-pyrrole nitrogens is 1. The Kier molecular flexibility index (Phi) is 2.47. The van der Waals surface area contributed by atoms with Crippen LogP contribution in [-0.2, 0) is 0 Å². The van der Waals surface area contributed by atoms with E-state index in [1.165, 1.54) is 0 Å². The number of hydrogen-bond donors (Lipinski definition) is 1. The molecule has 0 amide bonds.